The van der Waals surface area contributed by atoms with Crippen molar-refractivity contribution in [3.05, 3.63) is 65.2 Å². The van der Waals surface area contributed by atoms with E-state index < -0.39 is 29.5 Å². The zero-order valence-corrected chi connectivity index (χ0v) is 12.7. The van der Waals surface area contributed by atoms with Crippen molar-refractivity contribution in [1.29, 1.82) is 0 Å². The number of nitrogens with one attached hydrogen (secondary N) is 2. The van der Waals surface area contributed by atoms with Crippen LogP contribution in [0.15, 0.2) is 42.5 Å². The third-order valence-electron chi connectivity index (χ3n) is 3.32. The number of anilines is 1. The SMILES string of the molecule is Cc1ccccc1C(=O)N[C@@H](C)C(=O)Nc1ccc(F)cc1F. The number of carbonyl (C=O) groups is 2. The standard InChI is InChI=1S/C17H16F2N2O2/c1-10-5-3-4-6-13(10)17(23)20-11(2)16(22)21-15-8-7-12(18)9-14(15)19/h3-9,11H,1-2H3,(H,20,23)(H,21,22)/t11-/m0/s1. The molecule has 2 aromatic carbocycles. The molecule has 2 amide bonds. The second kappa shape index (κ2) is 7.00. The maximum Gasteiger partial charge on any atom is 0.252 e. The lowest BCUT2D eigenvalue weighted by molar-refractivity contribution is -0.117. The Morgan fingerprint density at radius 2 is 1.78 bits per heavy atom. The summed E-state index contributed by atoms with van der Waals surface area (Å²) in [6.07, 6.45) is 0. The largest absolute Gasteiger partial charge is 0.341 e. The second-order valence-corrected chi connectivity index (χ2v) is 5.12. The van der Waals surface area contributed by atoms with Gasteiger partial charge in [-0.2, -0.15) is 0 Å². The van der Waals surface area contributed by atoms with Gasteiger partial charge in [-0.1, -0.05) is 18.2 Å². The van der Waals surface area contributed by atoms with Crippen LogP contribution in [0.2, 0.25) is 0 Å². The Morgan fingerprint density at radius 1 is 1.09 bits per heavy atom. The van der Waals surface area contributed by atoms with Crippen LogP contribution in [0, 0.1) is 18.6 Å². The fourth-order valence-electron chi connectivity index (χ4n) is 2.00. The summed E-state index contributed by atoms with van der Waals surface area (Å²) in [5, 5.41) is 4.85. The van der Waals surface area contributed by atoms with Crippen molar-refractivity contribution >= 4 is 17.5 Å². The third-order valence-corrected chi connectivity index (χ3v) is 3.32. The highest BCUT2D eigenvalue weighted by Crippen LogP contribution is 2.15. The topological polar surface area (TPSA) is 58.2 Å². The highest BCUT2D eigenvalue weighted by atomic mass is 19.1. The molecule has 120 valence electrons. The van der Waals surface area contributed by atoms with Gasteiger partial charge >= 0.3 is 0 Å². The van der Waals surface area contributed by atoms with E-state index in [1.54, 1.807) is 31.2 Å². The van der Waals surface area contributed by atoms with Gasteiger partial charge < -0.3 is 10.6 Å². The average molecular weight is 318 g/mol. The van der Waals surface area contributed by atoms with Gasteiger partial charge in [0.2, 0.25) is 5.91 Å². The van der Waals surface area contributed by atoms with Gasteiger partial charge in [0.1, 0.15) is 17.7 Å². The van der Waals surface area contributed by atoms with Crippen LogP contribution in [0.3, 0.4) is 0 Å². The number of aryl methyl sites for hydroxylation is 1. The maximum absolute atomic E-state index is 13.5. The monoisotopic (exact) mass is 318 g/mol. The average Bonchev–Trinajstić information content (AvgIpc) is 2.50. The molecule has 0 aromatic heterocycles. The van der Waals surface area contributed by atoms with Gasteiger partial charge in [0.15, 0.2) is 0 Å². The summed E-state index contributed by atoms with van der Waals surface area (Å²) >= 11 is 0. The van der Waals surface area contributed by atoms with Crippen molar-refractivity contribution in [1.82, 2.24) is 5.32 Å². The van der Waals surface area contributed by atoms with E-state index in [-0.39, 0.29) is 5.69 Å². The van der Waals surface area contributed by atoms with Crippen LogP contribution >= 0.6 is 0 Å². The number of hydrogen-bond donors (Lipinski definition) is 2. The van der Waals surface area contributed by atoms with Crippen LogP contribution in [0.5, 0.6) is 0 Å². The van der Waals surface area contributed by atoms with E-state index in [0.29, 0.717) is 11.6 Å². The summed E-state index contributed by atoms with van der Waals surface area (Å²) in [4.78, 5) is 24.1. The molecule has 0 radical (unpaired) electrons. The van der Waals surface area contributed by atoms with Gasteiger partial charge in [0.25, 0.3) is 5.91 Å². The van der Waals surface area contributed by atoms with Crippen LogP contribution in [-0.4, -0.2) is 17.9 Å². The first-order valence-corrected chi connectivity index (χ1v) is 7.01. The third kappa shape index (κ3) is 4.12. The molecule has 0 spiro atoms. The molecule has 0 unspecified atom stereocenters. The lowest BCUT2D eigenvalue weighted by Gasteiger charge is -2.15. The number of amides is 2. The van der Waals surface area contributed by atoms with Crippen LogP contribution in [0.4, 0.5) is 14.5 Å². The van der Waals surface area contributed by atoms with E-state index in [0.717, 1.165) is 17.7 Å². The van der Waals surface area contributed by atoms with Crippen molar-refractivity contribution in [2.75, 3.05) is 5.32 Å². The minimum absolute atomic E-state index is 0.145. The zero-order chi connectivity index (χ0) is 17.0. The molecule has 1 atom stereocenters. The van der Waals surface area contributed by atoms with Crippen LogP contribution < -0.4 is 10.6 Å². The molecule has 0 aliphatic heterocycles. The zero-order valence-electron chi connectivity index (χ0n) is 12.7. The fraction of sp³-hybridized carbons (Fsp3) is 0.176. The Labute approximate surface area is 132 Å². The summed E-state index contributed by atoms with van der Waals surface area (Å²) in [6, 6.07) is 8.91. The van der Waals surface area contributed by atoms with Crippen molar-refractivity contribution in [2.45, 2.75) is 19.9 Å². The molecule has 23 heavy (non-hydrogen) atoms. The number of benzene rings is 2. The first-order chi connectivity index (χ1) is 10.9. The summed E-state index contributed by atoms with van der Waals surface area (Å²) < 4.78 is 26.3. The van der Waals surface area contributed by atoms with Crippen LogP contribution in [-0.2, 0) is 4.79 Å². The normalized spacial score (nSPS) is 11.7. The smallest absolute Gasteiger partial charge is 0.252 e. The molecular formula is C17H16F2N2O2. The first kappa shape index (κ1) is 16.6. The molecule has 0 bridgehead atoms. The van der Waals surface area contributed by atoms with E-state index in [1.165, 1.54) is 6.92 Å². The molecular weight excluding hydrogens is 302 g/mol. The maximum atomic E-state index is 13.5. The fourth-order valence-corrected chi connectivity index (χ4v) is 2.00. The van der Waals surface area contributed by atoms with Crippen LogP contribution in [0.25, 0.3) is 0 Å². The van der Waals surface area contributed by atoms with E-state index >= 15 is 0 Å². The molecule has 0 aliphatic carbocycles. The minimum atomic E-state index is -0.883. The van der Waals surface area contributed by atoms with E-state index in [1.807, 2.05) is 0 Å². The molecule has 4 nitrogen and oxygen atoms in total. The van der Waals surface area contributed by atoms with Crippen molar-refractivity contribution in [2.24, 2.45) is 0 Å². The lowest BCUT2D eigenvalue weighted by Crippen LogP contribution is -2.41. The summed E-state index contributed by atoms with van der Waals surface area (Å²) in [5.41, 5.74) is 1.09. The number of halogens is 2. The molecule has 0 saturated carbocycles. The second-order valence-electron chi connectivity index (χ2n) is 5.12. The highest BCUT2D eigenvalue weighted by Gasteiger charge is 2.18. The molecule has 0 fully saturated rings. The summed E-state index contributed by atoms with van der Waals surface area (Å²) in [5.74, 6) is -2.61. The van der Waals surface area contributed by atoms with Gasteiger partial charge in [-0.15, -0.1) is 0 Å². The van der Waals surface area contributed by atoms with E-state index in [9.17, 15) is 18.4 Å². The Kier molecular flexibility index (Phi) is 5.05. The Balaban J connectivity index is 2.03. The molecule has 0 aliphatic rings. The number of hydrogen-bond acceptors (Lipinski definition) is 2. The molecule has 6 heteroatoms. The summed E-state index contributed by atoms with van der Waals surface area (Å²) in [6.45, 7) is 3.26. The first-order valence-electron chi connectivity index (χ1n) is 7.01. The van der Waals surface area contributed by atoms with Gasteiger partial charge in [0.05, 0.1) is 5.69 Å². The predicted octanol–water partition coefficient (Wildman–Crippen LogP) is 3.03. The number of carbonyl (C=O) groups excluding carboxylic acids is 2. The predicted molar refractivity (Wildman–Crippen MR) is 83.1 cm³/mol. The molecule has 2 rings (SSSR count). The van der Waals surface area contributed by atoms with Crippen molar-refractivity contribution in [3.63, 3.8) is 0 Å². The Morgan fingerprint density at radius 3 is 2.43 bits per heavy atom. The van der Waals surface area contributed by atoms with Gasteiger partial charge in [-0.05, 0) is 37.6 Å². The Bertz CT molecular complexity index is 747. The highest BCUT2D eigenvalue weighted by molar-refractivity contribution is 6.01. The van der Waals surface area contributed by atoms with Crippen LogP contribution in [0.1, 0.15) is 22.8 Å². The Hall–Kier alpha value is -2.76. The molecule has 2 aromatic rings. The molecule has 2 N–H and O–H groups in total. The van der Waals surface area contributed by atoms with Crippen molar-refractivity contribution < 1.29 is 18.4 Å². The van der Waals surface area contributed by atoms with Crippen molar-refractivity contribution in [3.8, 4) is 0 Å². The number of rotatable bonds is 4. The van der Waals surface area contributed by atoms with Gasteiger partial charge in [-0.25, -0.2) is 8.78 Å². The lowest BCUT2D eigenvalue weighted by atomic mass is 10.1. The quantitative estimate of drug-likeness (QED) is 0.910. The molecule has 0 heterocycles. The summed E-state index contributed by atoms with van der Waals surface area (Å²) in [7, 11) is 0. The van der Waals surface area contributed by atoms with Gasteiger partial charge in [0, 0.05) is 11.6 Å². The molecule has 0 saturated heterocycles. The van der Waals surface area contributed by atoms with Gasteiger partial charge in [-0.3, -0.25) is 9.59 Å². The minimum Gasteiger partial charge on any atom is -0.341 e. The van der Waals surface area contributed by atoms with E-state index in [2.05, 4.69) is 10.6 Å². The van der Waals surface area contributed by atoms with E-state index in [4.69, 9.17) is 0 Å².